The molecular formula is C25H30BN5O5. The lowest BCUT2D eigenvalue weighted by molar-refractivity contribution is -0.123. The van der Waals surface area contributed by atoms with Crippen LogP contribution in [-0.2, 0) is 4.79 Å². The Hall–Kier alpha value is -3.83. The van der Waals surface area contributed by atoms with Crippen molar-refractivity contribution in [3.8, 4) is 0 Å². The number of hydrogen-bond acceptors (Lipinski definition) is 7. The van der Waals surface area contributed by atoms with Crippen LogP contribution in [0.2, 0.25) is 0 Å². The molecule has 10 nitrogen and oxygen atoms in total. The number of aromatic nitrogens is 2. The Bertz CT molecular complexity index is 1220. The maximum absolute atomic E-state index is 13.1. The molecule has 0 aliphatic rings. The molecule has 11 heteroatoms. The van der Waals surface area contributed by atoms with E-state index in [1.54, 1.807) is 48.5 Å². The monoisotopic (exact) mass is 491 g/mol. The molecule has 0 saturated carbocycles. The molecule has 0 aliphatic carbocycles. The van der Waals surface area contributed by atoms with Gasteiger partial charge in [0, 0.05) is 12.1 Å². The third-order valence-corrected chi connectivity index (χ3v) is 5.50. The Morgan fingerprint density at radius 1 is 0.944 bits per heavy atom. The van der Waals surface area contributed by atoms with Gasteiger partial charge in [0.2, 0.25) is 5.91 Å². The smallest absolute Gasteiger partial charge is 0.426 e. The minimum Gasteiger partial charge on any atom is -0.426 e. The van der Waals surface area contributed by atoms with Gasteiger partial charge in [-0.25, -0.2) is 4.98 Å². The number of carbonyl (C=O) groups is 3. The van der Waals surface area contributed by atoms with E-state index in [0.29, 0.717) is 23.0 Å². The van der Waals surface area contributed by atoms with E-state index in [1.165, 1.54) is 6.20 Å². The maximum Gasteiger partial charge on any atom is 0.475 e. The van der Waals surface area contributed by atoms with E-state index < -0.39 is 36.8 Å². The Kier molecular flexibility index (Phi) is 9.10. The number of benzene rings is 2. The number of aryl methyl sites for hydroxylation is 1. The van der Waals surface area contributed by atoms with Gasteiger partial charge in [-0.1, -0.05) is 43.7 Å². The number of amides is 3. The molecule has 0 aliphatic heterocycles. The van der Waals surface area contributed by atoms with Gasteiger partial charge in [0.25, 0.3) is 11.8 Å². The highest BCUT2D eigenvalue weighted by Gasteiger charge is 2.30. The third kappa shape index (κ3) is 7.33. The lowest BCUT2D eigenvalue weighted by Gasteiger charge is -2.24. The average Bonchev–Trinajstić information content (AvgIpc) is 2.85. The van der Waals surface area contributed by atoms with Crippen LogP contribution < -0.4 is 16.0 Å². The Balaban J connectivity index is 1.78. The van der Waals surface area contributed by atoms with E-state index in [1.807, 2.05) is 20.8 Å². The largest absolute Gasteiger partial charge is 0.475 e. The summed E-state index contributed by atoms with van der Waals surface area (Å²) in [7, 11) is -1.79. The van der Waals surface area contributed by atoms with E-state index in [9.17, 15) is 24.4 Å². The summed E-state index contributed by atoms with van der Waals surface area (Å²) in [4.78, 5) is 47.1. The molecule has 1 aromatic heterocycles. The third-order valence-electron chi connectivity index (χ3n) is 5.50. The molecule has 2 atom stereocenters. The quantitative estimate of drug-likeness (QED) is 0.265. The molecule has 0 unspecified atom stereocenters. The number of fused-ring (bicyclic) bond motifs is 1. The number of carbonyl (C=O) groups excluding carboxylic acids is 3. The van der Waals surface area contributed by atoms with Crippen molar-refractivity contribution in [1.29, 1.82) is 0 Å². The zero-order valence-electron chi connectivity index (χ0n) is 20.4. The highest BCUT2D eigenvalue weighted by atomic mass is 16.4. The van der Waals surface area contributed by atoms with Crippen molar-refractivity contribution < 1.29 is 24.4 Å². The van der Waals surface area contributed by atoms with Crippen LogP contribution in [0.15, 0.2) is 54.7 Å². The van der Waals surface area contributed by atoms with E-state index in [0.717, 1.165) is 5.56 Å². The zero-order valence-corrected chi connectivity index (χ0v) is 20.4. The number of hydrogen-bond donors (Lipinski definition) is 5. The van der Waals surface area contributed by atoms with Gasteiger partial charge in [0.1, 0.15) is 11.7 Å². The van der Waals surface area contributed by atoms with Crippen molar-refractivity contribution in [3.63, 3.8) is 0 Å². The predicted molar refractivity (Wildman–Crippen MR) is 136 cm³/mol. The molecule has 3 amide bonds. The van der Waals surface area contributed by atoms with Crippen molar-refractivity contribution in [2.75, 3.05) is 6.54 Å². The molecule has 0 saturated heterocycles. The summed E-state index contributed by atoms with van der Waals surface area (Å²) in [5, 5.41) is 27.2. The number of nitrogens with zero attached hydrogens (tertiary/aromatic N) is 2. The number of nitrogens with one attached hydrogen (secondary N) is 3. The van der Waals surface area contributed by atoms with Crippen LogP contribution in [0.25, 0.3) is 11.0 Å². The molecule has 1 heterocycles. The number of para-hydroxylation sites is 2. The summed E-state index contributed by atoms with van der Waals surface area (Å²) in [6.07, 6.45) is 1.60. The van der Waals surface area contributed by atoms with Crippen molar-refractivity contribution >= 4 is 35.9 Å². The lowest BCUT2D eigenvalue weighted by Crippen LogP contribution is -2.57. The molecule has 3 aromatic rings. The van der Waals surface area contributed by atoms with Crippen LogP contribution >= 0.6 is 0 Å². The zero-order chi connectivity index (χ0) is 26.2. The second-order valence-corrected chi connectivity index (χ2v) is 9.00. The van der Waals surface area contributed by atoms with Gasteiger partial charge in [-0.15, -0.1) is 0 Å². The first kappa shape index (κ1) is 26.8. The molecular weight excluding hydrogens is 461 g/mol. The first-order valence-corrected chi connectivity index (χ1v) is 11.7. The predicted octanol–water partition coefficient (Wildman–Crippen LogP) is 1.01. The summed E-state index contributed by atoms with van der Waals surface area (Å²) < 4.78 is 0. The first-order valence-electron chi connectivity index (χ1n) is 11.7. The summed E-state index contributed by atoms with van der Waals surface area (Å²) in [6.45, 7) is 5.42. The molecule has 2 aromatic carbocycles. The standard InChI is InChI=1S/C25H30BN5O5/c1-15(2)12-22(26(35)36)31-25(34)21(14-28-23(32)17-10-8-16(3)9-11-17)30-24(33)20-13-27-18-6-4-5-7-19(18)29-20/h4-11,13,15,21-22,35-36H,12,14H2,1-3H3,(H,28,32)(H,30,33)(H,31,34)/t21-,22-/m0/s1. The van der Waals surface area contributed by atoms with Gasteiger partial charge < -0.3 is 26.0 Å². The van der Waals surface area contributed by atoms with Crippen LogP contribution in [-0.4, -0.2) is 63.4 Å². The topological polar surface area (TPSA) is 154 Å². The summed E-state index contributed by atoms with van der Waals surface area (Å²) in [5.74, 6) is -2.65. The Labute approximate surface area is 209 Å². The Morgan fingerprint density at radius 3 is 2.25 bits per heavy atom. The highest BCUT2D eigenvalue weighted by Crippen LogP contribution is 2.10. The van der Waals surface area contributed by atoms with Crippen molar-refractivity contribution in [1.82, 2.24) is 25.9 Å². The molecule has 188 valence electrons. The lowest BCUT2D eigenvalue weighted by atomic mass is 9.75. The van der Waals surface area contributed by atoms with Gasteiger partial charge in [-0.2, -0.15) is 0 Å². The van der Waals surface area contributed by atoms with Crippen LogP contribution in [0.4, 0.5) is 0 Å². The molecule has 0 spiro atoms. The molecule has 36 heavy (non-hydrogen) atoms. The Morgan fingerprint density at radius 2 is 1.61 bits per heavy atom. The normalized spacial score (nSPS) is 12.6. The van der Waals surface area contributed by atoms with E-state index in [2.05, 4.69) is 25.9 Å². The van der Waals surface area contributed by atoms with E-state index in [-0.39, 0.29) is 18.2 Å². The fourth-order valence-corrected chi connectivity index (χ4v) is 3.56. The highest BCUT2D eigenvalue weighted by molar-refractivity contribution is 6.43. The van der Waals surface area contributed by atoms with Gasteiger partial charge in [0.15, 0.2) is 0 Å². The van der Waals surface area contributed by atoms with Crippen molar-refractivity contribution in [2.45, 2.75) is 39.2 Å². The second kappa shape index (κ2) is 12.2. The van der Waals surface area contributed by atoms with Gasteiger partial charge in [0.05, 0.1) is 23.2 Å². The average molecular weight is 491 g/mol. The van der Waals surface area contributed by atoms with Crippen LogP contribution in [0.3, 0.4) is 0 Å². The SMILES string of the molecule is Cc1ccc(C(=O)NC[C@H](NC(=O)c2cnc3ccccc3n2)C(=O)N[C@@H](CC(C)C)B(O)O)cc1. The second-order valence-electron chi connectivity index (χ2n) is 9.00. The van der Waals surface area contributed by atoms with Crippen LogP contribution in [0.5, 0.6) is 0 Å². The minimum atomic E-state index is -1.79. The summed E-state index contributed by atoms with van der Waals surface area (Å²) >= 11 is 0. The van der Waals surface area contributed by atoms with Gasteiger partial charge in [-0.3, -0.25) is 19.4 Å². The summed E-state index contributed by atoms with van der Waals surface area (Å²) in [6, 6.07) is 12.7. The van der Waals surface area contributed by atoms with Gasteiger partial charge >= 0.3 is 7.12 Å². The van der Waals surface area contributed by atoms with E-state index >= 15 is 0 Å². The van der Waals surface area contributed by atoms with Gasteiger partial charge in [-0.05, 0) is 43.5 Å². The maximum atomic E-state index is 13.1. The first-order chi connectivity index (χ1) is 17.1. The fraction of sp³-hybridized carbons (Fsp3) is 0.320. The molecule has 0 radical (unpaired) electrons. The molecule has 3 rings (SSSR count). The van der Waals surface area contributed by atoms with Crippen molar-refractivity contribution in [3.05, 3.63) is 71.5 Å². The molecule has 0 fully saturated rings. The van der Waals surface area contributed by atoms with Crippen molar-refractivity contribution in [2.24, 2.45) is 5.92 Å². The molecule has 5 N–H and O–H groups in total. The number of rotatable bonds is 10. The van der Waals surface area contributed by atoms with E-state index in [4.69, 9.17) is 0 Å². The summed E-state index contributed by atoms with van der Waals surface area (Å²) in [5.41, 5.74) is 2.51. The molecule has 0 bridgehead atoms. The van der Waals surface area contributed by atoms with Crippen LogP contribution in [0.1, 0.15) is 46.7 Å². The fourth-order valence-electron chi connectivity index (χ4n) is 3.56. The minimum absolute atomic E-state index is 0.00251. The van der Waals surface area contributed by atoms with Crippen LogP contribution in [0, 0.1) is 12.8 Å².